The summed E-state index contributed by atoms with van der Waals surface area (Å²) >= 11 is 0. The van der Waals surface area contributed by atoms with Crippen molar-refractivity contribution in [2.24, 2.45) is 0 Å². The first-order chi connectivity index (χ1) is 11.6. The first-order valence-corrected chi connectivity index (χ1v) is 8.97. The normalized spacial score (nSPS) is 13.8. The Hall–Kier alpha value is -1.90. The van der Waals surface area contributed by atoms with E-state index in [9.17, 15) is 21.6 Å². The van der Waals surface area contributed by atoms with Crippen LogP contribution in [0.25, 0.3) is 0 Å². The summed E-state index contributed by atoms with van der Waals surface area (Å²) < 4.78 is 65.5. The highest BCUT2D eigenvalue weighted by Gasteiger charge is 2.31. The second kappa shape index (κ2) is 7.55. The number of nitrogens with zero attached hydrogens (tertiary/aromatic N) is 1. The zero-order chi connectivity index (χ0) is 18.7. The lowest BCUT2D eigenvalue weighted by Gasteiger charge is -2.23. The summed E-state index contributed by atoms with van der Waals surface area (Å²) in [6.07, 6.45) is -4.51. The van der Waals surface area contributed by atoms with Gasteiger partial charge in [-0.1, -0.05) is 30.3 Å². The fraction of sp³-hybridized carbons (Fsp3) is 0.294. The lowest BCUT2D eigenvalue weighted by Crippen LogP contribution is -2.35. The molecule has 136 valence electrons. The zero-order valence-corrected chi connectivity index (χ0v) is 14.6. The van der Waals surface area contributed by atoms with Gasteiger partial charge in [0.2, 0.25) is 10.0 Å². The fourth-order valence-electron chi connectivity index (χ4n) is 2.34. The molecule has 1 N–H and O–H groups in total. The van der Waals surface area contributed by atoms with E-state index in [1.54, 1.807) is 24.3 Å². The molecular weight excluding hydrogens is 353 g/mol. The molecule has 25 heavy (non-hydrogen) atoms. The van der Waals surface area contributed by atoms with Crippen molar-refractivity contribution in [3.8, 4) is 0 Å². The van der Waals surface area contributed by atoms with Crippen LogP contribution in [0.2, 0.25) is 0 Å². The molecule has 0 heterocycles. The minimum absolute atomic E-state index is 0.208. The van der Waals surface area contributed by atoms with Crippen molar-refractivity contribution in [3.05, 3.63) is 65.7 Å². The predicted molar refractivity (Wildman–Crippen MR) is 89.5 cm³/mol. The minimum Gasteiger partial charge on any atom is -0.307 e. The van der Waals surface area contributed by atoms with Crippen molar-refractivity contribution < 1.29 is 21.6 Å². The van der Waals surface area contributed by atoms with Crippen LogP contribution >= 0.6 is 0 Å². The number of rotatable bonds is 6. The maximum atomic E-state index is 12.6. The minimum atomic E-state index is -4.51. The molecule has 2 aromatic carbocycles. The van der Waals surface area contributed by atoms with E-state index in [1.807, 2.05) is 25.1 Å². The first-order valence-electron chi connectivity index (χ1n) is 7.49. The Bertz CT molecular complexity index is 789. The number of benzene rings is 2. The Kier molecular flexibility index (Phi) is 5.87. The average Bonchev–Trinajstić information content (AvgIpc) is 2.54. The Morgan fingerprint density at radius 3 is 2.04 bits per heavy atom. The van der Waals surface area contributed by atoms with Crippen LogP contribution in [0.5, 0.6) is 0 Å². The van der Waals surface area contributed by atoms with Gasteiger partial charge in [0.05, 0.1) is 16.5 Å². The van der Waals surface area contributed by atoms with Crippen LogP contribution in [0.1, 0.15) is 17.2 Å². The van der Waals surface area contributed by atoms with Crippen molar-refractivity contribution in [1.29, 1.82) is 0 Å². The Morgan fingerprint density at radius 2 is 1.56 bits per heavy atom. The van der Waals surface area contributed by atoms with Gasteiger partial charge in [0.25, 0.3) is 0 Å². The van der Waals surface area contributed by atoms with Gasteiger partial charge in [0.1, 0.15) is 0 Å². The van der Waals surface area contributed by atoms with E-state index >= 15 is 0 Å². The van der Waals surface area contributed by atoms with Crippen molar-refractivity contribution in [3.63, 3.8) is 0 Å². The quantitative estimate of drug-likeness (QED) is 0.847. The summed E-state index contributed by atoms with van der Waals surface area (Å²) in [4.78, 5) is 1.62. The van der Waals surface area contributed by atoms with Crippen LogP contribution in [0.15, 0.2) is 59.5 Å². The molecule has 0 spiro atoms. The number of likely N-dealkylation sites (N-methyl/N-ethyl adjacent to an activating group) is 1. The summed E-state index contributed by atoms with van der Waals surface area (Å²) in [6, 6.07) is 11.9. The standard InChI is InChI=1S/C17H19F3N2O2S/c1-22(2)12-16(13-6-4-3-5-7-13)21-25(23,24)15-10-8-14(9-11-15)17(18,19)20/h3-11,16,21H,12H2,1-2H3/t16-/m1/s1. The van der Waals surface area contributed by atoms with Gasteiger partial charge in [0.15, 0.2) is 0 Å². The average molecular weight is 372 g/mol. The third-order valence-corrected chi connectivity index (χ3v) is 5.03. The van der Waals surface area contributed by atoms with Gasteiger partial charge < -0.3 is 4.90 Å². The summed E-state index contributed by atoms with van der Waals surface area (Å²) in [6.45, 7) is 0.407. The van der Waals surface area contributed by atoms with E-state index in [4.69, 9.17) is 0 Å². The third-order valence-electron chi connectivity index (χ3n) is 3.54. The van der Waals surface area contributed by atoms with Crippen molar-refractivity contribution in [2.75, 3.05) is 20.6 Å². The summed E-state index contributed by atoms with van der Waals surface area (Å²) in [7, 11) is -0.344. The van der Waals surface area contributed by atoms with Crippen molar-refractivity contribution >= 4 is 10.0 Å². The lowest BCUT2D eigenvalue weighted by atomic mass is 10.1. The Balaban J connectivity index is 2.28. The van der Waals surface area contributed by atoms with E-state index in [0.717, 1.165) is 29.8 Å². The second-order valence-electron chi connectivity index (χ2n) is 5.87. The van der Waals surface area contributed by atoms with Gasteiger partial charge in [-0.2, -0.15) is 13.2 Å². The number of sulfonamides is 1. The van der Waals surface area contributed by atoms with Gasteiger partial charge in [0, 0.05) is 6.54 Å². The van der Waals surface area contributed by atoms with E-state index < -0.39 is 27.8 Å². The van der Waals surface area contributed by atoms with Gasteiger partial charge in [-0.05, 0) is 43.9 Å². The van der Waals surface area contributed by atoms with Gasteiger partial charge >= 0.3 is 6.18 Å². The lowest BCUT2D eigenvalue weighted by molar-refractivity contribution is -0.137. The molecule has 0 saturated carbocycles. The van der Waals surface area contributed by atoms with E-state index in [0.29, 0.717) is 6.54 Å². The Morgan fingerprint density at radius 1 is 1.00 bits per heavy atom. The zero-order valence-electron chi connectivity index (χ0n) is 13.8. The van der Waals surface area contributed by atoms with E-state index in [1.165, 1.54) is 0 Å². The maximum absolute atomic E-state index is 12.6. The molecular formula is C17H19F3N2O2S. The maximum Gasteiger partial charge on any atom is 0.416 e. The van der Waals surface area contributed by atoms with Gasteiger partial charge in [-0.25, -0.2) is 13.1 Å². The van der Waals surface area contributed by atoms with Crippen molar-refractivity contribution in [1.82, 2.24) is 9.62 Å². The molecule has 0 aliphatic carbocycles. The number of halogens is 3. The van der Waals surface area contributed by atoms with Crippen LogP contribution in [0.4, 0.5) is 13.2 Å². The van der Waals surface area contributed by atoms with Crippen molar-refractivity contribution in [2.45, 2.75) is 17.1 Å². The number of nitrogens with one attached hydrogen (secondary N) is 1. The summed E-state index contributed by atoms with van der Waals surface area (Å²) in [5.74, 6) is 0. The molecule has 0 aliphatic rings. The smallest absolute Gasteiger partial charge is 0.307 e. The van der Waals surface area contributed by atoms with Crippen LogP contribution in [-0.4, -0.2) is 34.0 Å². The molecule has 0 aliphatic heterocycles. The van der Waals surface area contributed by atoms with Gasteiger partial charge in [-0.15, -0.1) is 0 Å². The van der Waals surface area contributed by atoms with Crippen LogP contribution in [0, 0.1) is 0 Å². The molecule has 0 radical (unpaired) electrons. The predicted octanol–water partition coefficient (Wildman–Crippen LogP) is 3.29. The number of hydrogen-bond donors (Lipinski definition) is 1. The van der Waals surface area contributed by atoms with E-state index in [-0.39, 0.29) is 4.90 Å². The summed E-state index contributed by atoms with van der Waals surface area (Å²) in [5.41, 5.74) is -0.119. The molecule has 4 nitrogen and oxygen atoms in total. The Labute approximate surface area is 145 Å². The highest BCUT2D eigenvalue weighted by atomic mass is 32.2. The van der Waals surface area contributed by atoms with Crippen LogP contribution < -0.4 is 4.72 Å². The molecule has 2 aromatic rings. The van der Waals surface area contributed by atoms with Crippen LogP contribution in [-0.2, 0) is 16.2 Å². The fourth-order valence-corrected chi connectivity index (χ4v) is 3.56. The largest absolute Gasteiger partial charge is 0.416 e. The molecule has 8 heteroatoms. The SMILES string of the molecule is CN(C)C[C@@H](NS(=O)(=O)c1ccc(C(F)(F)F)cc1)c1ccccc1. The third kappa shape index (κ3) is 5.29. The molecule has 0 fully saturated rings. The topological polar surface area (TPSA) is 49.4 Å². The molecule has 1 atom stereocenters. The molecule has 0 unspecified atom stereocenters. The van der Waals surface area contributed by atoms with Gasteiger partial charge in [-0.3, -0.25) is 0 Å². The highest BCUT2D eigenvalue weighted by Crippen LogP contribution is 2.30. The molecule has 0 amide bonds. The molecule has 0 aromatic heterocycles. The summed E-state index contributed by atoms with van der Waals surface area (Å²) in [5, 5.41) is 0. The highest BCUT2D eigenvalue weighted by molar-refractivity contribution is 7.89. The number of alkyl halides is 3. The molecule has 0 bridgehead atoms. The molecule has 2 rings (SSSR count). The monoisotopic (exact) mass is 372 g/mol. The second-order valence-corrected chi connectivity index (χ2v) is 7.58. The number of hydrogen-bond acceptors (Lipinski definition) is 3. The van der Waals surface area contributed by atoms with Crippen LogP contribution in [0.3, 0.4) is 0 Å². The molecule has 0 saturated heterocycles. The van der Waals surface area contributed by atoms with E-state index in [2.05, 4.69) is 4.72 Å². The first kappa shape index (κ1) is 19.4.